The Morgan fingerprint density at radius 3 is 2.60 bits per heavy atom. The number of esters is 1. The minimum absolute atomic E-state index is 0.153. The van der Waals surface area contributed by atoms with Crippen LogP contribution in [-0.2, 0) is 14.3 Å². The van der Waals surface area contributed by atoms with E-state index >= 15 is 0 Å². The summed E-state index contributed by atoms with van der Waals surface area (Å²) in [6.07, 6.45) is 4.39. The zero-order valence-corrected chi connectivity index (χ0v) is 13.4. The van der Waals surface area contributed by atoms with E-state index in [0.29, 0.717) is 11.4 Å². The molecule has 0 aromatic carbocycles. The van der Waals surface area contributed by atoms with Gasteiger partial charge in [0.2, 0.25) is 5.91 Å². The van der Waals surface area contributed by atoms with Crippen LogP contribution in [0.5, 0.6) is 0 Å². The molecule has 0 aliphatic rings. The Morgan fingerprint density at radius 2 is 2.05 bits per heavy atom. The molecular formula is C14H17BrN2O3. The number of hydrogen-bond donors (Lipinski definition) is 1. The van der Waals surface area contributed by atoms with Gasteiger partial charge in [-0.2, -0.15) is 0 Å². The maximum atomic E-state index is 12.0. The highest BCUT2D eigenvalue weighted by molar-refractivity contribution is 9.10. The Hall–Kier alpha value is -1.69. The summed E-state index contributed by atoms with van der Waals surface area (Å²) in [5, 5.41) is 2.75. The molecule has 20 heavy (non-hydrogen) atoms. The second-order valence-corrected chi connectivity index (χ2v) is 6.07. The maximum Gasteiger partial charge on any atom is 0.330 e. The first kappa shape index (κ1) is 16.4. The van der Waals surface area contributed by atoms with Gasteiger partial charge in [-0.1, -0.05) is 20.8 Å². The predicted octanol–water partition coefficient (Wildman–Crippen LogP) is 3.01. The Labute approximate surface area is 126 Å². The summed E-state index contributed by atoms with van der Waals surface area (Å²) in [6.45, 7) is 5.43. The molecule has 0 atom stereocenters. The number of nitrogens with zero attached hydrogens (tertiary/aromatic N) is 1. The van der Waals surface area contributed by atoms with Crippen molar-refractivity contribution >= 4 is 39.7 Å². The zero-order chi connectivity index (χ0) is 15.3. The first-order valence-corrected chi connectivity index (χ1v) is 6.76. The molecule has 0 spiro atoms. The lowest BCUT2D eigenvalue weighted by molar-refractivity contribution is -0.134. The summed E-state index contributed by atoms with van der Waals surface area (Å²) in [7, 11) is 1.30. The van der Waals surface area contributed by atoms with Gasteiger partial charge < -0.3 is 10.1 Å². The van der Waals surface area contributed by atoms with Gasteiger partial charge in [0, 0.05) is 27.7 Å². The molecule has 1 amide bonds. The fourth-order valence-corrected chi connectivity index (χ4v) is 1.56. The quantitative estimate of drug-likeness (QED) is 0.678. The molecule has 1 aromatic heterocycles. The van der Waals surface area contributed by atoms with E-state index in [2.05, 4.69) is 31.0 Å². The number of halogens is 1. The van der Waals surface area contributed by atoms with Crippen LogP contribution in [0.4, 0.5) is 5.82 Å². The van der Waals surface area contributed by atoms with E-state index in [1.54, 1.807) is 18.3 Å². The fourth-order valence-electron chi connectivity index (χ4n) is 1.21. The number of carbonyl (C=O) groups excluding carboxylic acids is 2. The van der Waals surface area contributed by atoms with Crippen LogP contribution < -0.4 is 5.32 Å². The highest BCUT2D eigenvalue weighted by atomic mass is 79.9. The number of carbonyl (C=O) groups is 2. The van der Waals surface area contributed by atoms with E-state index < -0.39 is 11.4 Å². The van der Waals surface area contributed by atoms with Gasteiger partial charge in [0.25, 0.3) is 0 Å². The van der Waals surface area contributed by atoms with Gasteiger partial charge in [0.1, 0.15) is 5.82 Å². The number of methoxy groups -OCH3 is 1. The Balaban J connectivity index is 3.05. The van der Waals surface area contributed by atoms with Crippen molar-refractivity contribution in [3.05, 3.63) is 28.4 Å². The van der Waals surface area contributed by atoms with E-state index in [0.717, 1.165) is 4.47 Å². The second-order valence-electron chi connectivity index (χ2n) is 5.15. The van der Waals surface area contributed by atoms with Gasteiger partial charge in [-0.25, -0.2) is 9.78 Å². The predicted molar refractivity (Wildman–Crippen MR) is 81.1 cm³/mol. The molecule has 0 aliphatic heterocycles. The lowest BCUT2D eigenvalue weighted by Crippen LogP contribution is -2.28. The molecule has 1 rings (SSSR count). The van der Waals surface area contributed by atoms with Gasteiger partial charge in [0.05, 0.1) is 7.11 Å². The number of anilines is 1. The first-order chi connectivity index (χ1) is 9.24. The number of amides is 1. The Bertz CT molecular complexity index is 548. The molecule has 0 saturated heterocycles. The van der Waals surface area contributed by atoms with Crippen LogP contribution in [-0.4, -0.2) is 24.0 Å². The monoisotopic (exact) mass is 340 g/mol. The van der Waals surface area contributed by atoms with E-state index in [1.807, 2.05) is 20.8 Å². The summed E-state index contributed by atoms with van der Waals surface area (Å²) < 4.78 is 5.28. The van der Waals surface area contributed by atoms with E-state index in [4.69, 9.17) is 0 Å². The minimum atomic E-state index is -0.530. The number of hydrogen-bond acceptors (Lipinski definition) is 4. The largest absolute Gasteiger partial charge is 0.466 e. The van der Waals surface area contributed by atoms with Crippen molar-refractivity contribution in [3.8, 4) is 0 Å². The van der Waals surface area contributed by atoms with Crippen LogP contribution in [0.25, 0.3) is 6.08 Å². The molecule has 1 N–H and O–H groups in total. The minimum Gasteiger partial charge on any atom is -0.466 e. The molecule has 0 fully saturated rings. The Morgan fingerprint density at radius 1 is 1.40 bits per heavy atom. The smallest absolute Gasteiger partial charge is 0.330 e. The van der Waals surface area contributed by atoms with Crippen LogP contribution in [0.2, 0.25) is 0 Å². The van der Waals surface area contributed by atoms with Crippen molar-refractivity contribution in [2.24, 2.45) is 5.41 Å². The maximum absolute atomic E-state index is 12.0. The summed E-state index contributed by atoms with van der Waals surface area (Å²) in [6, 6.07) is 1.75. The number of nitrogens with one attached hydrogen (secondary N) is 1. The number of rotatable bonds is 3. The molecule has 0 saturated carbocycles. The van der Waals surface area contributed by atoms with E-state index in [-0.39, 0.29) is 5.91 Å². The lowest BCUT2D eigenvalue weighted by Gasteiger charge is -2.18. The van der Waals surface area contributed by atoms with Crippen LogP contribution in [0.3, 0.4) is 0 Å². The normalized spacial score (nSPS) is 11.4. The lowest BCUT2D eigenvalue weighted by atomic mass is 9.95. The number of aromatic nitrogens is 1. The van der Waals surface area contributed by atoms with Crippen molar-refractivity contribution in [2.75, 3.05) is 12.4 Å². The summed E-state index contributed by atoms with van der Waals surface area (Å²) in [5.41, 5.74) is 0.0836. The topological polar surface area (TPSA) is 68.3 Å². The van der Waals surface area contributed by atoms with Crippen LogP contribution in [0, 0.1) is 5.41 Å². The van der Waals surface area contributed by atoms with Gasteiger partial charge in [-0.15, -0.1) is 0 Å². The van der Waals surface area contributed by atoms with Crippen LogP contribution in [0.15, 0.2) is 22.8 Å². The summed E-state index contributed by atoms with van der Waals surface area (Å²) in [5.74, 6) is -0.230. The average molecular weight is 341 g/mol. The van der Waals surface area contributed by atoms with Crippen LogP contribution >= 0.6 is 15.9 Å². The van der Waals surface area contributed by atoms with Gasteiger partial charge in [0.15, 0.2) is 0 Å². The molecule has 0 aliphatic carbocycles. The molecular weight excluding hydrogens is 324 g/mol. The average Bonchev–Trinajstić information content (AvgIpc) is 2.37. The van der Waals surface area contributed by atoms with Crippen LogP contribution in [0.1, 0.15) is 26.3 Å². The first-order valence-electron chi connectivity index (χ1n) is 5.97. The highest BCUT2D eigenvalue weighted by Gasteiger charge is 2.22. The standard InChI is InChI=1S/C14H17BrN2O3/c1-14(2,3)13(19)17-12-9(5-6-11(18)20-4)7-10(15)8-16-12/h5-8H,1-4H3,(H,16,17,19)/b6-5+. The van der Waals surface area contributed by atoms with Crippen molar-refractivity contribution in [2.45, 2.75) is 20.8 Å². The van der Waals surface area contributed by atoms with Crippen molar-refractivity contribution in [1.29, 1.82) is 0 Å². The third kappa shape index (κ3) is 4.77. The number of pyridine rings is 1. The molecule has 1 heterocycles. The molecule has 0 bridgehead atoms. The number of ether oxygens (including phenoxy) is 1. The third-order valence-electron chi connectivity index (χ3n) is 2.40. The van der Waals surface area contributed by atoms with Crippen molar-refractivity contribution in [3.63, 3.8) is 0 Å². The third-order valence-corrected chi connectivity index (χ3v) is 2.83. The molecule has 5 nitrogen and oxygen atoms in total. The molecule has 1 aromatic rings. The Kier molecular flexibility index (Phi) is 5.44. The highest BCUT2D eigenvalue weighted by Crippen LogP contribution is 2.22. The molecule has 6 heteroatoms. The van der Waals surface area contributed by atoms with Crippen molar-refractivity contribution < 1.29 is 14.3 Å². The molecule has 0 radical (unpaired) electrons. The van der Waals surface area contributed by atoms with E-state index in [1.165, 1.54) is 13.2 Å². The zero-order valence-electron chi connectivity index (χ0n) is 11.9. The summed E-state index contributed by atoms with van der Waals surface area (Å²) >= 11 is 3.30. The van der Waals surface area contributed by atoms with Crippen molar-refractivity contribution in [1.82, 2.24) is 4.98 Å². The van der Waals surface area contributed by atoms with Gasteiger partial charge in [-0.3, -0.25) is 4.79 Å². The van der Waals surface area contributed by atoms with Gasteiger partial charge >= 0.3 is 5.97 Å². The SMILES string of the molecule is COC(=O)/C=C/c1cc(Br)cnc1NC(=O)C(C)(C)C. The fraction of sp³-hybridized carbons (Fsp3) is 0.357. The van der Waals surface area contributed by atoms with Gasteiger partial charge in [-0.05, 0) is 28.1 Å². The second kappa shape index (κ2) is 6.65. The molecule has 108 valence electrons. The molecule has 0 unspecified atom stereocenters. The van der Waals surface area contributed by atoms with E-state index in [9.17, 15) is 9.59 Å². The summed E-state index contributed by atoms with van der Waals surface area (Å²) in [4.78, 5) is 27.3.